The van der Waals surface area contributed by atoms with Crippen molar-refractivity contribution in [2.24, 2.45) is 5.92 Å². The first-order valence-electron chi connectivity index (χ1n) is 13.3. The summed E-state index contributed by atoms with van der Waals surface area (Å²) < 4.78 is 21.1. The molecule has 0 atom stereocenters. The molecule has 1 saturated heterocycles. The average molecular weight is 515 g/mol. The number of aromatic nitrogens is 2. The number of nitrogens with zero attached hydrogens (tertiary/aromatic N) is 3. The van der Waals surface area contributed by atoms with Gasteiger partial charge in [-0.25, -0.2) is 4.39 Å². The number of carbonyl (C=O) groups excluding carboxylic acids is 1. The molecule has 2 aromatic carbocycles. The highest BCUT2D eigenvalue weighted by atomic mass is 19.1. The second kappa shape index (κ2) is 10.2. The predicted octanol–water partition coefficient (Wildman–Crippen LogP) is 4.76. The third-order valence-electron chi connectivity index (χ3n) is 7.87. The van der Waals surface area contributed by atoms with Crippen LogP contribution in [0.25, 0.3) is 21.9 Å². The first-order chi connectivity index (χ1) is 18.4. The van der Waals surface area contributed by atoms with Crippen molar-refractivity contribution in [3.63, 3.8) is 0 Å². The summed E-state index contributed by atoms with van der Waals surface area (Å²) in [6.07, 6.45) is 8.09. The van der Waals surface area contributed by atoms with Gasteiger partial charge in [0.25, 0.3) is 11.5 Å². The van der Waals surface area contributed by atoms with Crippen LogP contribution in [0.1, 0.15) is 47.3 Å². The van der Waals surface area contributed by atoms with E-state index >= 15 is 0 Å². The third-order valence-corrected chi connectivity index (χ3v) is 7.87. The van der Waals surface area contributed by atoms with Gasteiger partial charge in [-0.3, -0.25) is 9.59 Å². The number of hydrogen-bond donors (Lipinski definition) is 1. The first-order valence-corrected chi connectivity index (χ1v) is 13.3. The van der Waals surface area contributed by atoms with Crippen molar-refractivity contribution in [3.8, 4) is 11.1 Å². The molecule has 38 heavy (non-hydrogen) atoms. The number of aryl methyl sites for hydroxylation is 1. The number of pyridine rings is 1. The summed E-state index contributed by atoms with van der Waals surface area (Å²) in [5.74, 6) is -0.321. The van der Waals surface area contributed by atoms with Crippen molar-refractivity contribution in [2.75, 3.05) is 19.6 Å². The minimum atomic E-state index is -0.493. The number of rotatable bonds is 7. The van der Waals surface area contributed by atoms with Gasteiger partial charge in [-0.1, -0.05) is 11.2 Å². The molecular formula is C30H31FN4O3. The topological polar surface area (TPSA) is 80.4 Å². The second-order valence-electron chi connectivity index (χ2n) is 10.6. The molecule has 0 radical (unpaired) electrons. The minimum Gasteiger partial charge on any atom is -0.364 e. The molecule has 0 spiro atoms. The molecule has 0 bridgehead atoms. The number of amides is 1. The fourth-order valence-corrected chi connectivity index (χ4v) is 5.52. The SMILES string of the molecule is Cc1nocc1-c1ccc2c(=O)n(Cc3cc(F)cc(C(=O)NCC4CCN(C5CC5)CC4)c3)ccc2c1. The van der Waals surface area contributed by atoms with Crippen LogP contribution >= 0.6 is 0 Å². The van der Waals surface area contributed by atoms with E-state index in [4.69, 9.17) is 4.52 Å². The number of nitrogens with one attached hydrogen (secondary N) is 1. The fourth-order valence-electron chi connectivity index (χ4n) is 5.52. The quantitative estimate of drug-likeness (QED) is 0.385. The molecule has 7 nitrogen and oxygen atoms in total. The highest BCUT2D eigenvalue weighted by Crippen LogP contribution is 2.30. The van der Waals surface area contributed by atoms with E-state index in [2.05, 4.69) is 15.4 Å². The lowest BCUT2D eigenvalue weighted by Crippen LogP contribution is -2.39. The Balaban J connectivity index is 1.15. The zero-order valence-corrected chi connectivity index (χ0v) is 21.5. The molecule has 196 valence electrons. The van der Waals surface area contributed by atoms with Gasteiger partial charge < -0.3 is 19.3 Å². The van der Waals surface area contributed by atoms with Gasteiger partial charge in [0, 0.05) is 35.3 Å². The van der Waals surface area contributed by atoms with E-state index < -0.39 is 5.82 Å². The number of fused-ring (bicyclic) bond motifs is 1. The summed E-state index contributed by atoms with van der Waals surface area (Å²) in [6, 6.07) is 12.5. The standard InChI is InChI=1S/C30H31FN4O3/c1-19-28(18-38-33-19)22-2-5-27-23(14-22)8-11-35(30(27)37)17-21-12-24(15-25(31)13-21)29(36)32-16-20-6-9-34(10-7-20)26-3-4-26/h2,5,8,11-15,18,20,26H,3-4,6-7,9-10,16-17H2,1H3,(H,32,36). The van der Waals surface area contributed by atoms with Crippen LogP contribution in [0, 0.1) is 18.7 Å². The Hall–Kier alpha value is -3.78. The van der Waals surface area contributed by atoms with Crippen LogP contribution in [-0.2, 0) is 6.54 Å². The van der Waals surface area contributed by atoms with Gasteiger partial charge in [-0.15, -0.1) is 0 Å². The van der Waals surface area contributed by atoms with Crippen LogP contribution in [0.4, 0.5) is 4.39 Å². The third kappa shape index (κ3) is 5.13. The number of likely N-dealkylation sites (tertiary alicyclic amines) is 1. The zero-order chi connectivity index (χ0) is 26.2. The molecule has 8 heteroatoms. The summed E-state index contributed by atoms with van der Waals surface area (Å²) >= 11 is 0. The summed E-state index contributed by atoms with van der Waals surface area (Å²) in [5, 5.41) is 8.28. The van der Waals surface area contributed by atoms with Gasteiger partial charge in [0.15, 0.2) is 0 Å². The van der Waals surface area contributed by atoms with E-state index in [0.29, 0.717) is 23.4 Å². The number of hydrogen-bond acceptors (Lipinski definition) is 5. The molecular weight excluding hydrogens is 483 g/mol. The van der Waals surface area contributed by atoms with Crippen molar-refractivity contribution in [2.45, 2.75) is 45.2 Å². The van der Waals surface area contributed by atoms with E-state index in [1.54, 1.807) is 24.6 Å². The van der Waals surface area contributed by atoms with E-state index in [1.807, 2.05) is 25.1 Å². The smallest absolute Gasteiger partial charge is 0.258 e. The van der Waals surface area contributed by atoms with Crippen LogP contribution in [0.2, 0.25) is 0 Å². The maximum Gasteiger partial charge on any atom is 0.258 e. The van der Waals surface area contributed by atoms with Crippen LogP contribution in [0.15, 0.2) is 64.2 Å². The largest absolute Gasteiger partial charge is 0.364 e. The second-order valence-corrected chi connectivity index (χ2v) is 10.6. The van der Waals surface area contributed by atoms with Crippen molar-refractivity contribution < 1.29 is 13.7 Å². The number of piperidine rings is 1. The Morgan fingerprint density at radius 1 is 1.11 bits per heavy atom. The zero-order valence-electron chi connectivity index (χ0n) is 21.5. The van der Waals surface area contributed by atoms with Gasteiger partial charge in [0.1, 0.15) is 12.1 Å². The number of benzene rings is 2. The fraction of sp³-hybridized carbons (Fsp3) is 0.367. The van der Waals surface area contributed by atoms with E-state index in [-0.39, 0.29) is 23.6 Å². The summed E-state index contributed by atoms with van der Waals surface area (Å²) in [4.78, 5) is 28.6. The molecule has 1 aliphatic carbocycles. The lowest BCUT2D eigenvalue weighted by Gasteiger charge is -2.32. The van der Waals surface area contributed by atoms with Gasteiger partial charge in [-0.05, 0) is 105 Å². The monoisotopic (exact) mass is 514 g/mol. The van der Waals surface area contributed by atoms with Crippen LogP contribution < -0.4 is 10.9 Å². The molecule has 2 aliphatic rings. The molecule has 3 heterocycles. The van der Waals surface area contributed by atoms with Crippen LogP contribution in [0.3, 0.4) is 0 Å². The number of carbonyl (C=O) groups is 1. The first kappa shape index (κ1) is 24.6. The average Bonchev–Trinajstić information content (AvgIpc) is 3.68. The summed E-state index contributed by atoms with van der Waals surface area (Å²) in [6.45, 7) is 4.82. The van der Waals surface area contributed by atoms with Crippen molar-refractivity contribution in [1.82, 2.24) is 19.9 Å². The van der Waals surface area contributed by atoms with E-state index in [1.165, 1.54) is 29.5 Å². The van der Waals surface area contributed by atoms with Crippen molar-refractivity contribution in [1.29, 1.82) is 0 Å². The van der Waals surface area contributed by atoms with Crippen LogP contribution in [-0.4, -0.2) is 46.2 Å². The molecule has 6 rings (SSSR count). The maximum atomic E-state index is 14.5. The Kier molecular flexibility index (Phi) is 6.57. The van der Waals surface area contributed by atoms with Gasteiger partial charge in [-0.2, -0.15) is 0 Å². The molecule has 1 amide bonds. The Labute approximate surface area is 220 Å². The van der Waals surface area contributed by atoms with Crippen molar-refractivity contribution >= 4 is 16.7 Å². The highest BCUT2D eigenvalue weighted by molar-refractivity contribution is 5.94. The van der Waals surface area contributed by atoms with Gasteiger partial charge in [0.05, 0.1) is 12.2 Å². The number of halogens is 1. The summed E-state index contributed by atoms with van der Waals surface area (Å²) in [5.41, 5.74) is 3.24. The lowest BCUT2D eigenvalue weighted by molar-refractivity contribution is 0.0934. The highest BCUT2D eigenvalue weighted by Gasteiger charge is 2.31. The maximum absolute atomic E-state index is 14.5. The minimum absolute atomic E-state index is 0.166. The van der Waals surface area contributed by atoms with E-state index in [0.717, 1.165) is 54.2 Å². The molecule has 4 aromatic rings. The molecule has 1 aliphatic heterocycles. The van der Waals surface area contributed by atoms with Gasteiger partial charge >= 0.3 is 0 Å². The van der Waals surface area contributed by atoms with Crippen LogP contribution in [0.5, 0.6) is 0 Å². The molecule has 1 N–H and O–H groups in total. The Bertz CT molecular complexity index is 1550. The molecule has 0 unspecified atom stereocenters. The Morgan fingerprint density at radius 3 is 2.66 bits per heavy atom. The Morgan fingerprint density at radius 2 is 1.92 bits per heavy atom. The lowest BCUT2D eigenvalue weighted by atomic mass is 9.96. The summed E-state index contributed by atoms with van der Waals surface area (Å²) in [7, 11) is 0. The van der Waals surface area contributed by atoms with Gasteiger partial charge in [0.2, 0.25) is 0 Å². The predicted molar refractivity (Wildman–Crippen MR) is 144 cm³/mol. The van der Waals surface area contributed by atoms with Crippen molar-refractivity contribution in [3.05, 3.63) is 87.9 Å². The normalized spacial score (nSPS) is 16.7. The molecule has 2 fully saturated rings. The van der Waals surface area contributed by atoms with E-state index in [9.17, 15) is 14.0 Å². The molecule has 1 saturated carbocycles. The molecule has 2 aromatic heterocycles.